The molecule has 4 aromatic carbocycles. The van der Waals surface area contributed by atoms with Crippen LogP contribution in [0.3, 0.4) is 0 Å². The number of carbonyl (C=O) groups excluding carboxylic acids is 2. The van der Waals surface area contributed by atoms with E-state index in [4.69, 9.17) is 0 Å². The predicted octanol–water partition coefficient (Wildman–Crippen LogP) is -0.129. The summed E-state index contributed by atoms with van der Waals surface area (Å²) in [5.41, 5.74) is 1.01. The van der Waals surface area contributed by atoms with Gasteiger partial charge in [0.2, 0.25) is 0 Å². The van der Waals surface area contributed by atoms with E-state index in [1.54, 1.807) is 60.7 Å². The number of hydrogen-bond acceptors (Lipinski definition) is 6. The Morgan fingerprint density at radius 2 is 0.841 bits per heavy atom. The molecule has 0 aromatic heterocycles. The number of benzene rings is 4. The fourth-order valence-corrected chi connectivity index (χ4v) is 5.18. The molecular weight excluding hydrogens is 630 g/mol. The summed E-state index contributed by atoms with van der Waals surface area (Å²) in [4.78, 5) is 23.5. The van der Waals surface area contributed by atoms with Crippen molar-refractivity contribution in [3.63, 3.8) is 0 Å². The number of nitrogens with one attached hydrogen (secondary N) is 4. The van der Waals surface area contributed by atoms with Crippen molar-refractivity contribution in [1.82, 2.24) is 0 Å². The maximum Gasteiger partial charge on any atom is 1.00 e. The van der Waals surface area contributed by atoms with Crippen LogP contribution < -0.4 is 80.4 Å². The second kappa shape index (κ2) is 16.3. The summed E-state index contributed by atoms with van der Waals surface area (Å²) < 4.78 is 68.0. The van der Waals surface area contributed by atoms with Gasteiger partial charge >= 0.3 is 71.2 Å². The molecule has 6 N–H and O–H groups in total. The standard InChI is InChI=1S/C28H24N4O8S2.2Na.2H/c33-27(29-21-7-3-1-4-8-21)31-23-15-13-19(25(17-23)41(35,36)37)11-12-20-14-16-24(18-26(20)42(38,39)40)32-28(34)30-22-9-5-2-6-10-22;;;;/h1-18H,(H2,29,31,33)(H2,30,32,34)(H,35,36,37)(H,38,39,40);;;;/q;2*+1;2*-1. The minimum Gasteiger partial charge on any atom is -1.00 e. The van der Waals surface area contributed by atoms with Gasteiger partial charge in [0.25, 0.3) is 20.2 Å². The maximum atomic E-state index is 12.3. The summed E-state index contributed by atoms with van der Waals surface area (Å²) in [6.07, 6.45) is 2.41. The molecule has 0 bridgehead atoms. The fourth-order valence-electron chi connectivity index (χ4n) is 3.76. The molecule has 0 heterocycles. The van der Waals surface area contributed by atoms with E-state index < -0.39 is 42.1 Å². The third-order valence-electron chi connectivity index (χ3n) is 5.60. The number of urea groups is 2. The van der Waals surface area contributed by atoms with Gasteiger partial charge in [-0.3, -0.25) is 9.11 Å². The minimum absolute atomic E-state index is 0. The fraction of sp³-hybridized carbons (Fsp3) is 0. The Labute approximate surface area is 301 Å². The minimum atomic E-state index is -4.78. The van der Waals surface area contributed by atoms with Crippen LogP contribution in [0.25, 0.3) is 12.2 Å². The molecule has 0 fully saturated rings. The Kier molecular flexibility index (Phi) is 13.8. The number of amides is 4. The zero-order valence-corrected chi connectivity index (χ0v) is 29.2. The maximum absolute atomic E-state index is 12.3. The Morgan fingerprint density at radius 1 is 0.523 bits per heavy atom. The van der Waals surface area contributed by atoms with Crippen molar-refractivity contribution in [3.8, 4) is 0 Å². The molecule has 0 aliphatic heterocycles. The second-order valence-electron chi connectivity index (χ2n) is 8.68. The molecule has 220 valence electrons. The molecule has 12 nitrogen and oxygen atoms in total. The molecule has 44 heavy (non-hydrogen) atoms. The van der Waals surface area contributed by atoms with Gasteiger partial charge in [0.1, 0.15) is 9.79 Å². The van der Waals surface area contributed by atoms with Crippen LogP contribution >= 0.6 is 0 Å². The first-order chi connectivity index (χ1) is 19.9. The van der Waals surface area contributed by atoms with Crippen molar-refractivity contribution in [1.29, 1.82) is 0 Å². The molecule has 4 amide bonds. The molecule has 16 heteroatoms. The van der Waals surface area contributed by atoms with Crippen molar-refractivity contribution >= 4 is 67.2 Å². The number of rotatable bonds is 8. The average molecular weight is 657 g/mol. The smallest absolute Gasteiger partial charge is 1.00 e. The molecule has 0 aliphatic carbocycles. The zero-order valence-electron chi connectivity index (χ0n) is 25.6. The molecule has 4 aromatic rings. The Balaban J connectivity index is 0.00000506. The number of carbonyl (C=O) groups is 2. The molecule has 0 aliphatic rings. The third kappa shape index (κ3) is 10.9. The predicted molar refractivity (Wildman–Crippen MR) is 162 cm³/mol. The van der Waals surface area contributed by atoms with E-state index in [1.165, 1.54) is 36.4 Å². The van der Waals surface area contributed by atoms with Crippen molar-refractivity contribution in [2.75, 3.05) is 21.3 Å². The second-order valence-corrected chi connectivity index (χ2v) is 11.5. The van der Waals surface area contributed by atoms with E-state index in [2.05, 4.69) is 21.3 Å². The first kappa shape index (κ1) is 37.2. The van der Waals surface area contributed by atoms with Gasteiger partial charge in [-0.15, -0.1) is 0 Å². The summed E-state index contributed by atoms with van der Waals surface area (Å²) >= 11 is 0. The largest absolute Gasteiger partial charge is 1.00 e. The SMILES string of the molecule is O=C(Nc1ccccc1)Nc1ccc(C=Cc2ccc(NC(=O)Nc3ccccc3)cc2S(=O)(=O)O)c(S(=O)(=O)O)c1.[H-].[H-].[Na+].[Na+]. The number of para-hydroxylation sites is 2. The molecule has 4 rings (SSSR count). The summed E-state index contributed by atoms with van der Waals surface area (Å²) in [5, 5.41) is 10.1. The summed E-state index contributed by atoms with van der Waals surface area (Å²) in [6, 6.07) is 23.1. The zero-order chi connectivity index (χ0) is 30.3. The number of hydrogen-bond donors (Lipinski definition) is 6. The van der Waals surface area contributed by atoms with Crippen LogP contribution in [0, 0.1) is 0 Å². The van der Waals surface area contributed by atoms with Crippen molar-refractivity contribution in [3.05, 3.63) is 108 Å². The summed E-state index contributed by atoms with van der Waals surface area (Å²) in [5.74, 6) is 0. The van der Waals surface area contributed by atoms with Crippen LogP contribution in [-0.2, 0) is 20.2 Å². The first-order valence-corrected chi connectivity index (χ1v) is 14.9. The van der Waals surface area contributed by atoms with Crippen LogP contribution in [0.15, 0.2) is 107 Å². The molecule has 0 unspecified atom stereocenters. The summed E-state index contributed by atoms with van der Waals surface area (Å²) in [6.45, 7) is 0. The number of anilines is 4. The van der Waals surface area contributed by atoms with E-state index in [1.807, 2.05) is 0 Å². The van der Waals surface area contributed by atoms with Gasteiger partial charge in [-0.2, -0.15) is 16.8 Å². The van der Waals surface area contributed by atoms with Crippen molar-refractivity contribution in [2.45, 2.75) is 9.79 Å². The van der Waals surface area contributed by atoms with Crippen LogP contribution in [0.1, 0.15) is 14.0 Å². The van der Waals surface area contributed by atoms with Gasteiger partial charge in [0.15, 0.2) is 0 Å². The monoisotopic (exact) mass is 656 g/mol. The average Bonchev–Trinajstić information content (AvgIpc) is 2.92. The Bertz CT molecular complexity index is 1750. The van der Waals surface area contributed by atoms with Crippen LogP contribution in [0.4, 0.5) is 32.3 Å². The first-order valence-electron chi connectivity index (χ1n) is 12.1. The topological polar surface area (TPSA) is 191 Å². The molecular formula is C28H26N4Na2O8S2. The third-order valence-corrected chi connectivity index (χ3v) is 7.42. The van der Waals surface area contributed by atoms with Crippen LogP contribution in [0.5, 0.6) is 0 Å². The van der Waals surface area contributed by atoms with Crippen LogP contribution in [0.2, 0.25) is 0 Å². The van der Waals surface area contributed by atoms with Gasteiger partial charge < -0.3 is 24.1 Å². The van der Waals surface area contributed by atoms with E-state index in [0.717, 1.165) is 12.1 Å². The normalized spacial score (nSPS) is 11.0. The van der Waals surface area contributed by atoms with E-state index >= 15 is 0 Å². The van der Waals surface area contributed by atoms with E-state index in [0.29, 0.717) is 11.4 Å². The van der Waals surface area contributed by atoms with E-state index in [9.17, 15) is 35.5 Å². The Morgan fingerprint density at radius 3 is 1.16 bits per heavy atom. The van der Waals surface area contributed by atoms with Gasteiger partial charge in [-0.1, -0.05) is 60.7 Å². The van der Waals surface area contributed by atoms with Gasteiger partial charge in [-0.25, -0.2) is 9.59 Å². The van der Waals surface area contributed by atoms with Gasteiger partial charge in [0, 0.05) is 22.7 Å². The molecule has 0 saturated carbocycles. The Hall–Kier alpha value is -3.02. The molecule has 0 saturated heterocycles. The quantitative estimate of drug-likeness (QED) is 0.0859. The molecule has 0 atom stereocenters. The molecule has 0 radical (unpaired) electrons. The van der Waals surface area contributed by atoms with Crippen molar-refractivity contribution < 1.29 is 97.5 Å². The summed E-state index contributed by atoms with van der Waals surface area (Å²) in [7, 11) is -9.57. The van der Waals surface area contributed by atoms with Crippen molar-refractivity contribution in [2.24, 2.45) is 0 Å². The van der Waals surface area contributed by atoms with Crippen LogP contribution in [-0.4, -0.2) is 38.0 Å². The molecule has 0 spiro atoms. The van der Waals surface area contributed by atoms with Gasteiger partial charge in [-0.05, 0) is 59.7 Å². The van der Waals surface area contributed by atoms with E-state index in [-0.39, 0.29) is 84.5 Å². The van der Waals surface area contributed by atoms with Gasteiger partial charge in [0.05, 0.1) is 0 Å².